The molecule has 0 unspecified atom stereocenters. The molecule has 1 N–H and O–H groups in total. The first-order valence-corrected chi connectivity index (χ1v) is 7.11. The first-order chi connectivity index (χ1) is 10.6. The maximum Gasteiger partial charge on any atom is 0.271 e. The molecule has 112 valence electrons. The fraction of sp³-hybridized carbons (Fsp3) is 0.0667. The number of rotatable bonds is 3. The average Bonchev–Trinajstić information content (AvgIpc) is 2.94. The minimum atomic E-state index is -0.493. The van der Waals surface area contributed by atoms with Crippen molar-refractivity contribution < 1.29 is 18.7 Å². The highest BCUT2D eigenvalue weighted by Gasteiger charge is 2.15. The Morgan fingerprint density at radius 2 is 2.05 bits per heavy atom. The van der Waals surface area contributed by atoms with Crippen LogP contribution in [0.2, 0.25) is 0 Å². The summed E-state index contributed by atoms with van der Waals surface area (Å²) in [6.07, 6.45) is 1.46. The fourth-order valence-corrected chi connectivity index (χ4v) is 2.31. The molecule has 1 heterocycles. The quantitative estimate of drug-likeness (QED) is 0.672. The number of amides is 1. The lowest BCUT2D eigenvalue weighted by molar-refractivity contribution is 0.0954. The molecule has 2 aromatic carbocycles. The van der Waals surface area contributed by atoms with Gasteiger partial charge in [-0.3, -0.25) is 4.79 Å². The lowest BCUT2D eigenvalue weighted by Crippen LogP contribution is -2.17. The topological polar surface area (TPSA) is 59.9 Å². The van der Waals surface area contributed by atoms with E-state index < -0.39 is 11.7 Å². The van der Waals surface area contributed by atoms with Gasteiger partial charge in [0.2, 0.25) is 6.79 Å². The molecule has 1 aliphatic heterocycles. The molecule has 7 heteroatoms. The van der Waals surface area contributed by atoms with Gasteiger partial charge in [0.25, 0.3) is 5.91 Å². The largest absolute Gasteiger partial charge is 0.454 e. The predicted octanol–water partition coefficient (Wildman–Crippen LogP) is 3.08. The SMILES string of the molecule is O=C(NN=Cc1cc2c(cc1Br)OCO2)c1cccc(F)c1. The van der Waals surface area contributed by atoms with Crippen molar-refractivity contribution in [3.05, 3.63) is 57.8 Å². The first-order valence-electron chi connectivity index (χ1n) is 6.31. The first kappa shape index (κ1) is 14.5. The van der Waals surface area contributed by atoms with E-state index in [1.165, 1.54) is 24.4 Å². The third-order valence-electron chi connectivity index (χ3n) is 2.95. The molecule has 0 saturated carbocycles. The number of benzene rings is 2. The summed E-state index contributed by atoms with van der Waals surface area (Å²) in [5, 5.41) is 3.86. The van der Waals surface area contributed by atoms with Gasteiger partial charge in [-0.25, -0.2) is 9.82 Å². The summed E-state index contributed by atoms with van der Waals surface area (Å²) in [4.78, 5) is 11.8. The Morgan fingerprint density at radius 1 is 1.27 bits per heavy atom. The molecular weight excluding hydrogens is 355 g/mol. The highest BCUT2D eigenvalue weighted by Crippen LogP contribution is 2.36. The van der Waals surface area contributed by atoms with Crippen LogP contribution in [0.25, 0.3) is 0 Å². The Kier molecular flexibility index (Phi) is 4.06. The molecule has 0 spiro atoms. The highest BCUT2D eigenvalue weighted by atomic mass is 79.9. The summed E-state index contributed by atoms with van der Waals surface area (Å²) in [6.45, 7) is 0.179. The van der Waals surface area contributed by atoms with Crippen LogP contribution in [0.15, 0.2) is 46.0 Å². The molecule has 22 heavy (non-hydrogen) atoms. The maximum atomic E-state index is 13.0. The minimum Gasteiger partial charge on any atom is -0.454 e. The Morgan fingerprint density at radius 3 is 2.82 bits per heavy atom. The number of carbonyl (C=O) groups excluding carboxylic acids is 1. The summed E-state index contributed by atoms with van der Waals surface area (Å²) in [7, 11) is 0. The van der Waals surface area contributed by atoms with Crippen LogP contribution in [-0.2, 0) is 0 Å². The van der Waals surface area contributed by atoms with E-state index in [-0.39, 0.29) is 12.4 Å². The molecule has 1 amide bonds. The third-order valence-corrected chi connectivity index (χ3v) is 3.64. The second-order valence-electron chi connectivity index (χ2n) is 4.44. The zero-order chi connectivity index (χ0) is 15.5. The summed E-state index contributed by atoms with van der Waals surface area (Å²) in [5.41, 5.74) is 3.25. The molecule has 2 aromatic rings. The zero-order valence-corrected chi connectivity index (χ0v) is 12.8. The van der Waals surface area contributed by atoms with E-state index in [1.54, 1.807) is 12.1 Å². The van der Waals surface area contributed by atoms with Crippen molar-refractivity contribution in [1.29, 1.82) is 0 Å². The molecule has 0 radical (unpaired) electrons. The van der Waals surface area contributed by atoms with E-state index in [9.17, 15) is 9.18 Å². The molecule has 1 aliphatic rings. The van der Waals surface area contributed by atoms with Gasteiger partial charge in [-0.15, -0.1) is 0 Å². The molecular formula is C15H10BrFN2O3. The summed E-state index contributed by atoms with van der Waals surface area (Å²) >= 11 is 3.38. The smallest absolute Gasteiger partial charge is 0.271 e. The van der Waals surface area contributed by atoms with Gasteiger partial charge in [-0.05, 0) is 46.3 Å². The van der Waals surface area contributed by atoms with Gasteiger partial charge in [-0.1, -0.05) is 6.07 Å². The second-order valence-corrected chi connectivity index (χ2v) is 5.29. The predicted molar refractivity (Wildman–Crippen MR) is 81.7 cm³/mol. The molecule has 0 bridgehead atoms. The summed E-state index contributed by atoms with van der Waals surface area (Å²) < 4.78 is 24.3. The highest BCUT2D eigenvalue weighted by molar-refractivity contribution is 9.10. The molecule has 0 aliphatic carbocycles. The van der Waals surface area contributed by atoms with Gasteiger partial charge in [0.1, 0.15) is 5.82 Å². The van der Waals surface area contributed by atoms with E-state index in [2.05, 4.69) is 26.5 Å². The van der Waals surface area contributed by atoms with Crippen molar-refractivity contribution in [2.24, 2.45) is 5.10 Å². The normalized spacial score (nSPS) is 12.6. The van der Waals surface area contributed by atoms with Crippen molar-refractivity contribution in [1.82, 2.24) is 5.43 Å². The van der Waals surface area contributed by atoms with Crippen LogP contribution in [0.3, 0.4) is 0 Å². The molecule has 5 nitrogen and oxygen atoms in total. The number of hydrazone groups is 1. The number of nitrogens with one attached hydrogen (secondary N) is 1. The Hall–Kier alpha value is -2.41. The number of hydrogen-bond acceptors (Lipinski definition) is 4. The molecule has 0 atom stereocenters. The fourth-order valence-electron chi connectivity index (χ4n) is 1.89. The number of hydrogen-bond donors (Lipinski definition) is 1. The Bertz CT molecular complexity index is 764. The van der Waals surface area contributed by atoms with Crippen LogP contribution in [0.1, 0.15) is 15.9 Å². The Balaban J connectivity index is 1.71. The monoisotopic (exact) mass is 364 g/mol. The maximum absolute atomic E-state index is 13.0. The molecule has 0 fully saturated rings. The minimum absolute atomic E-state index is 0.179. The molecule has 3 rings (SSSR count). The van der Waals surface area contributed by atoms with Crippen molar-refractivity contribution >= 4 is 28.1 Å². The van der Waals surface area contributed by atoms with Crippen LogP contribution in [0.5, 0.6) is 11.5 Å². The number of carbonyl (C=O) groups is 1. The van der Waals surface area contributed by atoms with Gasteiger partial charge in [0, 0.05) is 15.6 Å². The Labute approximate surface area is 133 Å². The number of fused-ring (bicyclic) bond motifs is 1. The molecule has 0 aromatic heterocycles. The second kappa shape index (κ2) is 6.15. The lowest BCUT2D eigenvalue weighted by Gasteiger charge is -2.02. The van der Waals surface area contributed by atoms with E-state index in [0.717, 1.165) is 10.5 Å². The third kappa shape index (κ3) is 3.09. The van der Waals surface area contributed by atoms with Crippen molar-refractivity contribution in [2.45, 2.75) is 0 Å². The van der Waals surface area contributed by atoms with Crippen LogP contribution in [-0.4, -0.2) is 18.9 Å². The standard InChI is InChI=1S/C15H10BrFN2O3/c16-12-6-14-13(21-8-22-14)5-10(12)7-18-19-15(20)9-2-1-3-11(17)4-9/h1-7H,8H2,(H,19,20). The number of nitrogens with zero attached hydrogens (tertiary/aromatic N) is 1. The van der Waals surface area contributed by atoms with E-state index >= 15 is 0 Å². The van der Waals surface area contributed by atoms with E-state index in [0.29, 0.717) is 17.1 Å². The van der Waals surface area contributed by atoms with E-state index in [1.807, 2.05) is 0 Å². The number of halogens is 2. The van der Waals surface area contributed by atoms with Gasteiger partial charge in [0.05, 0.1) is 6.21 Å². The van der Waals surface area contributed by atoms with Gasteiger partial charge >= 0.3 is 0 Å². The average molecular weight is 365 g/mol. The summed E-state index contributed by atoms with van der Waals surface area (Å²) in [6, 6.07) is 8.88. The van der Waals surface area contributed by atoms with E-state index in [4.69, 9.17) is 9.47 Å². The van der Waals surface area contributed by atoms with Crippen LogP contribution < -0.4 is 14.9 Å². The molecule has 0 saturated heterocycles. The van der Waals surface area contributed by atoms with Gasteiger partial charge < -0.3 is 9.47 Å². The van der Waals surface area contributed by atoms with Crippen molar-refractivity contribution in [3.63, 3.8) is 0 Å². The zero-order valence-electron chi connectivity index (χ0n) is 11.2. The summed E-state index contributed by atoms with van der Waals surface area (Å²) in [5.74, 6) is 0.289. The van der Waals surface area contributed by atoms with Crippen LogP contribution in [0.4, 0.5) is 4.39 Å². The lowest BCUT2D eigenvalue weighted by atomic mass is 10.2. The van der Waals surface area contributed by atoms with Crippen molar-refractivity contribution in [2.75, 3.05) is 6.79 Å². The van der Waals surface area contributed by atoms with Crippen LogP contribution >= 0.6 is 15.9 Å². The number of ether oxygens (including phenoxy) is 2. The van der Waals surface area contributed by atoms with Crippen LogP contribution in [0, 0.1) is 5.82 Å². The van der Waals surface area contributed by atoms with Gasteiger partial charge in [0.15, 0.2) is 11.5 Å². The van der Waals surface area contributed by atoms with Crippen molar-refractivity contribution in [3.8, 4) is 11.5 Å². The van der Waals surface area contributed by atoms with Gasteiger partial charge in [-0.2, -0.15) is 5.10 Å².